The molecule has 140 valence electrons. The third-order valence-electron chi connectivity index (χ3n) is 5.92. The molecular formula is C22H35ClN2. The van der Waals surface area contributed by atoms with E-state index in [-0.39, 0.29) is 5.54 Å². The second-order valence-electron chi connectivity index (χ2n) is 7.23. The molecule has 0 bridgehead atoms. The fourth-order valence-electron chi connectivity index (χ4n) is 4.70. The molecule has 0 atom stereocenters. The molecule has 0 radical (unpaired) electrons. The molecule has 1 aliphatic rings. The van der Waals surface area contributed by atoms with E-state index in [9.17, 15) is 0 Å². The first-order valence-electron chi connectivity index (χ1n) is 9.97. The van der Waals surface area contributed by atoms with Gasteiger partial charge in [0.2, 0.25) is 0 Å². The minimum atomic E-state index is 0.163. The molecule has 0 heterocycles. The summed E-state index contributed by atoms with van der Waals surface area (Å²) < 4.78 is 0. The highest BCUT2D eigenvalue weighted by atomic mass is 35.5. The highest BCUT2D eigenvalue weighted by Crippen LogP contribution is 2.43. The molecule has 25 heavy (non-hydrogen) atoms. The van der Waals surface area contributed by atoms with Crippen molar-refractivity contribution in [2.45, 2.75) is 64.5 Å². The van der Waals surface area contributed by atoms with Crippen LogP contribution in [-0.2, 0) is 5.54 Å². The molecule has 0 amide bonds. The third-order valence-corrected chi connectivity index (χ3v) is 6.18. The van der Waals surface area contributed by atoms with Crippen molar-refractivity contribution in [1.82, 2.24) is 9.80 Å². The molecule has 0 spiro atoms. The minimum Gasteiger partial charge on any atom is -0.297 e. The van der Waals surface area contributed by atoms with Crippen molar-refractivity contribution >= 4 is 11.6 Å². The van der Waals surface area contributed by atoms with Gasteiger partial charge in [-0.15, -0.1) is 6.58 Å². The Morgan fingerprint density at radius 3 is 2.20 bits per heavy atom. The molecule has 0 saturated heterocycles. The Kier molecular flexibility index (Phi) is 7.99. The molecule has 1 aromatic rings. The largest absolute Gasteiger partial charge is 0.297 e. The van der Waals surface area contributed by atoms with Crippen LogP contribution in [0.4, 0.5) is 0 Å². The van der Waals surface area contributed by atoms with E-state index in [0.717, 1.165) is 24.7 Å². The maximum atomic E-state index is 6.15. The van der Waals surface area contributed by atoms with Crippen molar-refractivity contribution in [1.29, 1.82) is 0 Å². The van der Waals surface area contributed by atoms with Gasteiger partial charge in [-0.3, -0.25) is 9.80 Å². The summed E-state index contributed by atoms with van der Waals surface area (Å²) in [6.45, 7) is 15.2. The van der Waals surface area contributed by atoms with E-state index in [4.69, 9.17) is 11.6 Å². The van der Waals surface area contributed by atoms with E-state index < -0.39 is 0 Å². The summed E-state index contributed by atoms with van der Waals surface area (Å²) in [7, 11) is 0. The van der Waals surface area contributed by atoms with Crippen LogP contribution in [0.5, 0.6) is 0 Å². The van der Waals surface area contributed by atoms with Crippen LogP contribution in [0.1, 0.15) is 58.4 Å². The van der Waals surface area contributed by atoms with Crippen LogP contribution in [0.2, 0.25) is 5.02 Å². The van der Waals surface area contributed by atoms with Gasteiger partial charge >= 0.3 is 0 Å². The quantitative estimate of drug-likeness (QED) is 0.518. The Morgan fingerprint density at radius 2 is 1.72 bits per heavy atom. The predicted molar refractivity (Wildman–Crippen MR) is 110 cm³/mol. The zero-order valence-electron chi connectivity index (χ0n) is 16.3. The van der Waals surface area contributed by atoms with E-state index >= 15 is 0 Å². The number of nitrogens with zero attached hydrogens (tertiary/aromatic N) is 2. The lowest BCUT2D eigenvalue weighted by molar-refractivity contribution is 0.0250. The van der Waals surface area contributed by atoms with Gasteiger partial charge in [0.05, 0.1) is 0 Å². The van der Waals surface area contributed by atoms with Crippen LogP contribution in [0.3, 0.4) is 0 Å². The smallest absolute Gasteiger partial charge is 0.0461 e. The zero-order valence-corrected chi connectivity index (χ0v) is 17.1. The van der Waals surface area contributed by atoms with Gasteiger partial charge in [0, 0.05) is 23.1 Å². The van der Waals surface area contributed by atoms with Crippen LogP contribution in [0.15, 0.2) is 36.9 Å². The minimum absolute atomic E-state index is 0.163. The standard InChI is InChI=1S/C22H35ClN2/c1-5-17-24(18-6-2)21-13-15-22(16-14-21,25(7-3)8-4)19-9-11-20(23)12-10-19/h5,9-12,21H,1,6-8,13-18H2,2-4H3. The first kappa shape index (κ1) is 20.5. The summed E-state index contributed by atoms with van der Waals surface area (Å²) in [6, 6.07) is 9.28. The first-order valence-corrected chi connectivity index (χ1v) is 10.3. The fourth-order valence-corrected chi connectivity index (χ4v) is 4.82. The van der Waals surface area contributed by atoms with Gasteiger partial charge in [-0.25, -0.2) is 0 Å². The number of rotatable bonds is 9. The van der Waals surface area contributed by atoms with E-state index in [1.165, 1.54) is 44.2 Å². The van der Waals surface area contributed by atoms with Crippen molar-refractivity contribution in [3.63, 3.8) is 0 Å². The third kappa shape index (κ3) is 4.67. The highest BCUT2D eigenvalue weighted by Gasteiger charge is 2.41. The molecule has 0 N–H and O–H groups in total. The number of halogens is 1. The van der Waals surface area contributed by atoms with Gasteiger partial charge in [0.1, 0.15) is 0 Å². The Morgan fingerprint density at radius 1 is 1.12 bits per heavy atom. The Balaban J connectivity index is 2.22. The first-order chi connectivity index (χ1) is 12.1. The molecule has 3 heteroatoms. The Bertz CT molecular complexity index is 513. The van der Waals surface area contributed by atoms with E-state index in [1.54, 1.807) is 0 Å². The van der Waals surface area contributed by atoms with Gasteiger partial charge < -0.3 is 0 Å². The summed E-state index contributed by atoms with van der Waals surface area (Å²) >= 11 is 6.15. The SMILES string of the molecule is C=CCN(CCC)C1CCC(c2ccc(Cl)cc2)(N(CC)CC)CC1. The van der Waals surface area contributed by atoms with Crippen LogP contribution < -0.4 is 0 Å². The second kappa shape index (κ2) is 9.75. The average Bonchev–Trinajstić information content (AvgIpc) is 2.63. The lowest BCUT2D eigenvalue weighted by Gasteiger charge is -2.49. The molecule has 2 nitrogen and oxygen atoms in total. The fraction of sp³-hybridized carbons (Fsp3) is 0.636. The summed E-state index contributed by atoms with van der Waals surface area (Å²) in [5.41, 5.74) is 1.60. The Hall–Kier alpha value is -0.830. The van der Waals surface area contributed by atoms with Gasteiger partial charge in [-0.05, 0) is 69.4 Å². The van der Waals surface area contributed by atoms with Crippen LogP contribution in [0, 0.1) is 0 Å². The predicted octanol–water partition coefficient (Wildman–Crippen LogP) is 5.72. The highest BCUT2D eigenvalue weighted by molar-refractivity contribution is 6.30. The van der Waals surface area contributed by atoms with E-state index in [0.29, 0.717) is 6.04 Å². The van der Waals surface area contributed by atoms with Gasteiger partial charge in [0.15, 0.2) is 0 Å². The molecular weight excluding hydrogens is 328 g/mol. The van der Waals surface area contributed by atoms with Gasteiger partial charge in [-0.1, -0.05) is 50.6 Å². The normalized spacial score (nSPS) is 24.0. The van der Waals surface area contributed by atoms with Crippen LogP contribution in [-0.4, -0.2) is 42.0 Å². The van der Waals surface area contributed by atoms with Crippen LogP contribution in [0.25, 0.3) is 0 Å². The van der Waals surface area contributed by atoms with Gasteiger partial charge in [-0.2, -0.15) is 0 Å². The molecule has 1 saturated carbocycles. The summed E-state index contributed by atoms with van der Waals surface area (Å²) in [5.74, 6) is 0. The topological polar surface area (TPSA) is 6.48 Å². The summed E-state index contributed by atoms with van der Waals surface area (Å²) in [5, 5.41) is 0.826. The number of hydrogen-bond donors (Lipinski definition) is 0. The molecule has 1 fully saturated rings. The molecule has 2 rings (SSSR count). The van der Waals surface area contributed by atoms with Crippen molar-refractivity contribution in [2.24, 2.45) is 0 Å². The van der Waals surface area contributed by atoms with Gasteiger partial charge in [0.25, 0.3) is 0 Å². The lowest BCUT2D eigenvalue weighted by atomic mass is 9.73. The molecule has 0 aliphatic heterocycles. The molecule has 0 aromatic heterocycles. The van der Waals surface area contributed by atoms with Crippen molar-refractivity contribution in [3.05, 3.63) is 47.5 Å². The lowest BCUT2D eigenvalue weighted by Crippen LogP contribution is -2.51. The van der Waals surface area contributed by atoms with Crippen molar-refractivity contribution in [3.8, 4) is 0 Å². The van der Waals surface area contributed by atoms with E-state index in [2.05, 4.69) is 67.5 Å². The van der Waals surface area contributed by atoms with Crippen molar-refractivity contribution in [2.75, 3.05) is 26.2 Å². The monoisotopic (exact) mass is 362 g/mol. The summed E-state index contributed by atoms with van der Waals surface area (Å²) in [6.07, 6.45) is 8.22. The maximum absolute atomic E-state index is 6.15. The van der Waals surface area contributed by atoms with Crippen molar-refractivity contribution < 1.29 is 0 Å². The molecule has 1 aromatic carbocycles. The maximum Gasteiger partial charge on any atom is 0.0461 e. The average molecular weight is 363 g/mol. The number of benzene rings is 1. The summed E-state index contributed by atoms with van der Waals surface area (Å²) in [4.78, 5) is 5.28. The van der Waals surface area contributed by atoms with Crippen LogP contribution >= 0.6 is 11.6 Å². The second-order valence-corrected chi connectivity index (χ2v) is 7.66. The number of hydrogen-bond acceptors (Lipinski definition) is 2. The molecule has 1 aliphatic carbocycles. The Labute approximate surface area is 159 Å². The zero-order chi connectivity index (χ0) is 18.3. The molecule has 0 unspecified atom stereocenters. The van der Waals surface area contributed by atoms with E-state index in [1.807, 2.05) is 0 Å².